The van der Waals surface area contributed by atoms with Crippen LogP contribution < -0.4 is 5.32 Å². The molecule has 0 saturated carbocycles. The van der Waals surface area contributed by atoms with Gasteiger partial charge in [0.2, 0.25) is 0 Å². The Bertz CT molecular complexity index is 1520. The number of allylic oxidation sites excluding steroid dienone is 1. The molecule has 0 aliphatic heterocycles. The van der Waals surface area contributed by atoms with Crippen LogP contribution in [0.4, 0.5) is 5.82 Å². The van der Waals surface area contributed by atoms with E-state index < -0.39 is 18.5 Å². The molecule has 0 saturated heterocycles. The first-order valence-electron chi connectivity index (χ1n) is 11.4. The SMILES string of the molecule is Cc1c(Cl)cnc(NC(=O)COC(=O)c2c3c(nc4ccccc24)/C(=C\c2cccs2)CCC3)c1Cl. The molecule has 5 rings (SSSR count). The number of hydrogen-bond acceptors (Lipinski definition) is 6. The molecule has 6 nitrogen and oxygen atoms in total. The third-order valence-corrected chi connectivity index (χ3v) is 7.69. The molecule has 0 bridgehead atoms. The number of amides is 1. The van der Waals surface area contributed by atoms with Crippen molar-refractivity contribution in [1.29, 1.82) is 0 Å². The molecule has 4 aromatic rings. The van der Waals surface area contributed by atoms with Gasteiger partial charge in [-0.2, -0.15) is 0 Å². The van der Waals surface area contributed by atoms with E-state index in [0.29, 0.717) is 33.5 Å². The number of nitrogens with zero attached hydrogens (tertiary/aromatic N) is 2. The van der Waals surface area contributed by atoms with E-state index in [1.165, 1.54) is 6.20 Å². The number of esters is 1. The van der Waals surface area contributed by atoms with Crippen LogP contribution >= 0.6 is 34.5 Å². The molecule has 1 aromatic carbocycles. The number of nitrogens with one attached hydrogen (secondary N) is 1. The summed E-state index contributed by atoms with van der Waals surface area (Å²) in [6.07, 6.45) is 6.01. The quantitative estimate of drug-likeness (QED) is 0.277. The molecule has 0 unspecified atom stereocenters. The fourth-order valence-electron chi connectivity index (χ4n) is 4.27. The average molecular weight is 538 g/mol. The van der Waals surface area contributed by atoms with Crippen molar-refractivity contribution in [3.63, 3.8) is 0 Å². The van der Waals surface area contributed by atoms with Crippen LogP contribution in [0.1, 0.15) is 44.9 Å². The van der Waals surface area contributed by atoms with Crippen LogP contribution in [0.15, 0.2) is 48.0 Å². The number of aromatic nitrogens is 2. The van der Waals surface area contributed by atoms with E-state index in [-0.39, 0.29) is 10.8 Å². The van der Waals surface area contributed by atoms with Crippen molar-refractivity contribution in [2.75, 3.05) is 11.9 Å². The Kier molecular flexibility index (Phi) is 7.05. The monoisotopic (exact) mass is 537 g/mol. The zero-order chi connectivity index (χ0) is 25.2. The van der Waals surface area contributed by atoms with Gasteiger partial charge in [0, 0.05) is 16.5 Å². The summed E-state index contributed by atoms with van der Waals surface area (Å²) < 4.78 is 5.48. The van der Waals surface area contributed by atoms with Crippen LogP contribution in [0.3, 0.4) is 0 Å². The van der Waals surface area contributed by atoms with Crippen molar-refractivity contribution in [3.8, 4) is 0 Å². The van der Waals surface area contributed by atoms with E-state index in [9.17, 15) is 9.59 Å². The second-order valence-electron chi connectivity index (χ2n) is 8.39. The Balaban J connectivity index is 1.44. The minimum absolute atomic E-state index is 0.162. The number of benzene rings is 1. The lowest BCUT2D eigenvalue weighted by molar-refractivity contribution is -0.119. The molecular formula is C27H21Cl2N3O3S. The number of ether oxygens (including phenoxy) is 1. The Morgan fingerprint density at radius 1 is 1.17 bits per heavy atom. The lowest BCUT2D eigenvalue weighted by Crippen LogP contribution is -2.23. The molecule has 1 N–H and O–H groups in total. The van der Waals surface area contributed by atoms with E-state index in [1.54, 1.807) is 18.3 Å². The zero-order valence-electron chi connectivity index (χ0n) is 19.3. The van der Waals surface area contributed by atoms with Crippen LogP contribution in [0, 0.1) is 6.92 Å². The van der Waals surface area contributed by atoms with E-state index in [2.05, 4.69) is 22.4 Å². The van der Waals surface area contributed by atoms with Crippen molar-refractivity contribution in [2.24, 2.45) is 0 Å². The summed E-state index contributed by atoms with van der Waals surface area (Å²) in [7, 11) is 0. The number of para-hydroxylation sites is 1. The van der Waals surface area contributed by atoms with Crippen LogP contribution in [-0.2, 0) is 16.0 Å². The Morgan fingerprint density at radius 3 is 2.81 bits per heavy atom. The van der Waals surface area contributed by atoms with Crippen LogP contribution in [0.5, 0.6) is 0 Å². The number of anilines is 1. The Morgan fingerprint density at radius 2 is 2.00 bits per heavy atom. The number of hydrogen-bond donors (Lipinski definition) is 1. The summed E-state index contributed by atoms with van der Waals surface area (Å²) in [6.45, 7) is 1.24. The number of carbonyl (C=O) groups excluding carboxylic acids is 2. The fourth-order valence-corrected chi connectivity index (χ4v) is 5.34. The summed E-state index contributed by atoms with van der Waals surface area (Å²) in [4.78, 5) is 36.0. The maximum absolute atomic E-state index is 13.4. The molecule has 1 aliphatic carbocycles. The van der Waals surface area contributed by atoms with Gasteiger partial charge in [-0.05, 0) is 66.5 Å². The molecular weight excluding hydrogens is 517 g/mol. The van der Waals surface area contributed by atoms with Gasteiger partial charge in [-0.1, -0.05) is 47.5 Å². The molecule has 3 heterocycles. The fraction of sp³-hybridized carbons (Fsp3) is 0.185. The molecule has 9 heteroatoms. The van der Waals surface area contributed by atoms with Gasteiger partial charge in [0.05, 0.1) is 26.8 Å². The van der Waals surface area contributed by atoms with Gasteiger partial charge in [-0.25, -0.2) is 14.8 Å². The molecule has 36 heavy (non-hydrogen) atoms. The highest BCUT2D eigenvalue weighted by atomic mass is 35.5. The predicted octanol–water partition coefficient (Wildman–Crippen LogP) is 6.98. The van der Waals surface area contributed by atoms with Gasteiger partial charge >= 0.3 is 5.97 Å². The number of halogens is 2. The van der Waals surface area contributed by atoms with Crippen LogP contribution in [-0.4, -0.2) is 28.5 Å². The van der Waals surface area contributed by atoms with Crippen molar-refractivity contribution in [3.05, 3.63) is 85.3 Å². The Labute approximate surface area is 221 Å². The minimum atomic E-state index is -0.566. The van der Waals surface area contributed by atoms with Gasteiger partial charge in [0.1, 0.15) is 0 Å². The van der Waals surface area contributed by atoms with Crippen molar-refractivity contribution in [2.45, 2.75) is 26.2 Å². The molecule has 0 fully saturated rings. The molecule has 3 aromatic heterocycles. The third-order valence-electron chi connectivity index (χ3n) is 6.03. The standard InChI is InChI=1S/C27H21Cl2N3O3S/c1-15-20(28)13-30-26(24(15)29)32-22(33)14-35-27(34)23-18-8-2-3-10-21(18)31-25-16(6-4-9-19(23)25)12-17-7-5-11-36-17/h2-3,5,7-8,10-13H,4,6,9,14H2,1H3,(H,30,32,33)/b16-12-. The van der Waals surface area contributed by atoms with Gasteiger partial charge < -0.3 is 10.1 Å². The molecule has 182 valence electrons. The Hall–Kier alpha value is -3.26. The molecule has 0 radical (unpaired) electrons. The number of rotatable bonds is 5. The third kappa shape index (κ3) is 4.87. The topological polar surface area (TPSA) is 81.2 Å². The minimum Gasteiger partial charge on any atom is -0.452 e. The predicted molar refractivity (Wildman–Crippen MR) is 145 cm³/mol. The largest absolute Gasteiger partial charge is 0.452 e. The van der Waals surface area contributed by atoms with Gasteiger partial charge in [-0.15, -0.1) is 11.3 Å². The van der Waals surface area contributed by atoms with Crippen LogP contribution in [0.2, 0.25) is 10.0 Å². The van der Waals surface area contributed by atoms with Crippen molar-refractivity contribution >= 4 is 74.8 Å². The van der Waals surface area contributed by atoms with E-state index in [1.807, 2.05) is 35.7 Å². The van der Waals surface area contributed by atoms with Gasteiger partial charge in [-0.3, -0.25) is 4.79 Å². The van der Waals surface area contributed by atoms with Crippen LogP contribution in [0.25, 0.3) is 22.6 Å². The first-order valence-corrected chi connectivity index (χ1v) is 13.0. The highest BCUT2D eigenvalue weighted by Gasteiger charge is 2.26. The summed E-state index contributed by atoms with van der Waals surface area (Å²) in [5.74, 6) is -0.955. The maximum Gasteiger partial charge on any atom is 0.339 e. The van der Waals surface area contributed by atoms with E-state index in [0.717, 1.165) is 34.5 Å². The highest BCUT2D eigenvalue weighted by Crippen LogP contribution is 2.37. The normalized spacial score (nSPS) is 14.0. The summed E-state index contributed by atoms with van der Waals surface area (Å²) in [6, 6.07) is 11.6. The number of pyridine rings is 2. The molecule has 0 atom stereocenters. The molecule has 1 amide bonds. The number of thiophene rings is 1. The molecule has 0 spiro atoms. The average Bonchev–Trinajstić information content (AvgIpc) is 3.40. The van der Waals surface area contributed by atoms with Gasteiger partial charge in [0.25, 0.3) is 5.91 Å². The summed E-state index contributed by atoms with van der Waals surface area (Å²) in [5.41, 5.74) is 4.53. The van der Waals surface area contributed by atoms with E-state index >= 15 is 0 Å². The second kappa shape index (κ2) is 10.4. The van der Waals surface area contributed by atoms with E-state index in [4.69, 9.17) is 32.9 Å². The highest BCUT2D eigenvalue weighted by molar-refractivity contribution is 7.10. The lowest BCUT2D eigenvalue weighted by atomic mass is 9.86. The maximum atomic E-state index is 13.4. The number of carbonyl (C=O) groups is 2. The van der Waals surface area contributed by atoms with Crippen molar-refractivity contribution < 1.29 is 14.3 Å². The summed E-state index contributed by atoms with van der Waals surface area (Å²) >= 11 is 13.9. The summed E-state index contributed by atoms with van der Waals surface area (Å²) in [5, 5.41) is 5.95. The van der Waals surface area contributed by atoms with Gasteiger partial charge in [0.15, 0.2) is 12.4 Å². The smallest absolute Gasteiger partial charge is 0.339 e. The first kappa shape index (κ1) is 24.4. The zero-order valence-corrected chi connectivity index (χ0v) is 21.6. The first-order chi connectivity index (χ1) is 17.4. The molecule has 1 aliphatic rings. The second-order valence-corrected chi connectivity index (χ2v) is 10.2. The lowest BCUT2D eigenvalue weighted by Gasteiger charge is -2.22. The van der Waals surface area contributed by atoms with Crippen molar-refractivity contribution in [1.82, 2.24) is 9.97 Å². The number of fused-ring (bicyclic) bond motifs is 2.